The van der Waals surface area contributed by atoms with Crippen LogP contribution >= 0.6 is 11.6 Å². The van der Waals surface area contributed by atoms with Crippen molar-refractivity contribution in [3.05, 3.63) is 28.8 Å². The van der Waals surface area contributed by atoms with Crippen molar-refractivity contribution in [1.82, 2.24) is 4.90 Å². The van der Waals surface area contributed by atoms with Gasteiger partial charge in [-0.05, 0) is 32.0 Å². The van der Waals surface area contributed by atoms with Crippen molar-refractivity contribution in [3.8, 4) is 0 Å². The Morgan fingerprint density at radius 3 is 2.58 bits per heavy atom. The molecule has 1 saturated heterocycles. The van der Waals surface area contributed by atoms with Crippen LogP contribution in [-0.4, -0.2) is 43.2 Å². The lowest BCUT2D eigenvalue weighted by Gasteiger charge is -2.35. The molecule has 1 heterocycles. The number of anilines is 1. The molecular weight excluding hydrogens is 264 g/mol. The van der Waals surface area contributed by atoms with Crippen LogP contribution < -0.4 is 5.32 Å². The number of morpholine rings is 1. The predicted octanol–water partition coefficient (Wildman–Crippen LogP) is 2.63. The average molecular weight is 283 g/mol. The summed E-state index contributed by atoms with van der Waals surface area (Å²) in [6.07, 6.45) is 0.120. The van der Waals surface area contributed by atoms with Crippen LogP contribution in [0.15, 0.2) is 18.2 Å². The van der Waals surface area contributed by atoms with E-state index in [1.54, 1.807) is 19.2 Å². The molecule has 1 fully saturated rings. The van der Waals surface area contributed by atoms with E-state index in [4.69, 9.17) is 16.3 Å². The second kappa shape index (κ2) is 5.80. The number of halogens is 1. The van der Waals surface area contributed by atoms with E-state index < -0.39 is 0 Å². The number of carbonyl (C=O) groups excluding carboxylic acids is 1. The normalized spacial score (nSPS) is 23.3. The Kier molecular flexibility index (Phi) is 4.32. The molecule has 1 aliphatic rings. The summed E-state index contributed by atoms with van der Waals surface area (Å²) >= 11 is 5.99. The maximum absolute atomic E-state index is 12.6. The minimum atomic E-state index is -0.00569. The van der Waals surface area contributed by atoms with Crippen LogP contribution in [0.5, 0.6) is 0 Å². The lowest BCUT2D eigenvalue weighted by molar-refractivity contribution is -0.0585. The van der Waals surface area contributed by atoms with Crippen LogP contribution in [0.25, 0.3) is 0 Å². The third-order valence-corrected chi connectivity index (χ3v) is 3.42. The van der Waals surface area contributed by atoms with E-state index in [0.29, 0.717) is 23.7 Å². The zero-order valence-corrected chi connectivity index (χ0v) is 12.2. The van der Waals surface area contributed by atoms with Crippen molar-refractivity contribution in [2.75, 3.05) is 25.5 Å². The van der Waals surface area contributed by atoms with E-state index in [0.717, 1.165) is 5.69 Å². The summed E-state index contributed by atoms with van der Waals surface area (Å²) in [4.78, 5) is 14.4. The number of benzene rings is 1. The van der Waals surface area contributed by atoms with Gasteiger partial charge in [-0.25, -0.2) is 0 Å². The first kappa shape index (κ1) is 14.2. The molecule has 1 aliphatic heterocycles. The largest absolute Gasteiger partial charge is 0.387 e. The molecule has 1 amide bonds. The molecule has 0 radical (unpaired) electrons. The Morgan fingerprint density at radius 2 is 2.00 bits per heavy atom. The quantitative estimate of drug-likeness (QED) is 0.907. The highest BCUT2D eigenvalue weighted by Crippen LogP contribution is 2.23. The summed E-state index contributed by atoms with van der Waals surface area (Å²) in [5, 5.41) is 3.59. The fourth-order valence-electron chi connectivity index (χ4n) is 2.43. The number of ether oxygens (including phenoxy) is 1. The zero-order valence-electron chi connectivity index (χ0n) is 11.4. The van der Waals surface area contributed by atoms with Gasteiger partial charge in [0.05, 0.1) is 17.8 Å². The summed E-state index contributed by atoms with van der Waals surface area (Å²) in [6.45, 7) is 5.18. The molecule has 5 heteroatoms. The number of carbonyl (C=O) groups is 1. The molecular formula is C14H19ClN2O2. The van der Waals surface area contributed by atoms with Crippen molar-refractivity contribution >= 4 is 23.2 Å². The van der Waals surface area contributed by atoms with Gasteiger partial charge in [-0.1, -0.05) is 11.6 Å². The summed E-state index contributed by atoms with van der Waals surface area (Å²) in [6, 6.07) is 5.30. The van der Waals surface area contributed by atoms with Crippen molar-refractivity contribution in [2.24, 2.45) is 0 Å². The Hall–Kier alpha value is -1.26. The Labute approximate surface area is 118 Å². The fourth-order valence-corrected chi connectivity index (χ4v) is 2.60. The topological polar surface area (TPSA) is 41.6 Å². The number of amides is 1. The molecule has 2 atom stereocenters. The van der Waals surface area contributed by atoms with Gasteiger partial charge in [0, 0.05) is 30.8 Å². The summed E-state index contributed by atoms with van der Waals surface area (Å²) in [5.41, 5.74) is 1.40. The molecule has 1 N–H and O–H groups in total. The minimum Gasteiger partial charge on any atom is -0.387 e. The molecule has 2 rings (SSSR count). The lowest BCUT2D eigenvalue weighted by Crippen LogP contribution is -2.48. The van der Waals surface area contributed by atoms with Gasteiger partial charge in [-0.2, -0.15) is 0 Å². The molecule has 4 nitrogen and oxygen atoms in total. The molecule has 104 valence electrons. The molecule has 0 aromatic heterocycles. The first-order valence-electron chi connectivity index (χ1n) is 6.43. The van der Waals surface area contributed by atoms with Crippen molar-refractivity contribution in [2.45, 2.75) is 26.1 Å². The van der Waals surface area contributed by atoms with E-state index >= 15 is 0 Å². The van der Waals surface area contributed by atoms with Crippen LogP contribution in [0.2, 0.25) is 5.02 Å². The standard InChI is InChI=1S/C14H19ClN2O2/c1-9-7-17(8-10(2)19-9)14(18)12-6-11(15)4-5-13(12)16-3/h4-6,9-10,16H,7-8H2,1-3H3/t9-,10+. The van der Waals surface area contributed by atoms with Gasteiger partial charge in [-0.15, -0.1) is 0 Å². The van der Waals surface area contributed by atoms with Crippen LogP contribution in [0.4, 0.5) is 5.69 Å². The molecule has 1 aromatic rings. The predicted molar refractivity (Wildman–Crippen MR) is 76.9 cm³/mol. The van der Waals surface area contributed by atoms with Crippen LogP contribution in [0.3, 0.4) is 0 Å². The fraction of sp³-hybridized carbons (Fsp3) is 0.500. The summed E-state index contributed by atoms with van der Waals surface area (Å²) < 4.78 is 5.65. The third kappa shape index (κ3) is 3.19. The van der Waals surface area contributed by atoms with Gasteiger partial charge < -0.3 is 15.0 Å². The highest BCUT2D eigenvalue weighted by Gasteiger charge is 2.27. The maximum Gasteiger partial charge on any atom is 0.256 e. The van der Waals surface area contributed by atoms with Crippen LogP contribution in [0.1, 0.15) is 24.2 Å². The van der Waals surface area contributed by atoms with E-state index in [2.05, 4.69) is 5.32 Å². The second-order valence-electron chi connectivity index (χ2n) is 4.91. The van der Waals surface area contributed by atoms with Crippen LogP contribution in [-0.2, 0) is 4.74 Å². The highest BCUT2D eigenvalue weighted by atomic mass is 35.5. The van der Waals surface area contributed by atoms with Gasteiger partial charge >= 0.3 is 0 Å². The SMILES string of the molecule is CNc1ccc(Cl)cc1C(=O)N1C[C@@H](C)O[C@@H](C)C1. The number of nitrogens with zero attached hydrogens (tertiary/aromatic N) is 1. The summed E-state index contributed by atoms with van der Waals surface area (Å²) in [7, 11) is 1.80. The average Bonchev–Trinajstić information content (AvgIpc) is 2.36. The van der Waals surface area contributed by atoms with Crippen molar-refractivity contribution in [1.29, 1.82) is 0 Å². The summed E-state index contributed by atoms with van der Waals surface area (Å²) in [5.74, 6) is -0.00569. The number of hydrogen-bond donors (Lipinski definition) is 1. The van der Waals surface area contributed by atoms with E-state index in [-0.39, 0.29) is 18.1 Å². The molecule has 19 heavy (non-hydrogen) atoms. The van der Waals surface area contributed by atoms with Gasteiger partial charge in [0.25, 0.3) is 5.91 Å². The lowest BCUT2D eigenvalue weighted by atomic mass is 10.1. The first-order valence-corrected chi connectivity index (χ1v) is 6.81. The van der Waals surface area contributed by atoms with Crippen molar-refractivity contribution < 1.29 is 9.53 Å². The maximum atomic E-state index is 12.6. The Balaban J connectivity index is 2.26. The number of nitrogens with one attached hydrogen (secondary N) is 1. The van der Waals surface area contributed by atoms with E-state index in [1.807, 2.05) is 24.8 Å². The molecule has 0 spiro atoms. The van der Waals surface area contributed by atoms with Crippen molar-refractivity contribution in [3.63, 3.8) is 0 Å². The van der Waals surface area contributed by atoms with Gasteiger partial charge in [0.2, 0.25) is 0 Å². The molecule has 0 saturated carbocycles. The smallest absolute Gasteiger partial charge is 0.256 e. The number of rotatable bonds is 2. The van der Waals surface area contributed by atoms with E-state index in [9.17, 15) is 4.79 Å². The monoisotopic (exact) mass is 282 g/mol. The highest BCUT2D eigenvalue weighted by molar-refractivity contribution is 6.31. The van der Waals surface area contributed by atoms with Gasteiger partial charge in [-0.3, -0.25) is 4.79 Å². The Bertz CT molecular complexity index is 469. The Morgan fingerprint density at radius 1 is 1.37 bits per heavy atom. The third-order valence-electron chi connectivity index (χ3n) is 3.19. The molecule has 0 aliphatic carbocycles. The van der Waals surface area contributed by atoms with Gasteiger partial charge in [0.1, 0.15) is 0 Å². The second-order valence-corrected chi connectivity index (χ2v) is 5.34. The minimum absolute atomic E-state index is 0.00569. The molecule has 1 aromatic carbocycles. The zero-order chi connectivity index (χ0) is 14.0. The van der Waals surface area contributed by atoms with Crippen LogP contribution in [0, 0.1) is 0 Å². The van der Waals surface area contributed by atoms with Gasteiger partial charge in [0.15, 0.2) is 0 Å². The molecule has 0 bridgehead atoms. The first-order chi connectivity index (χ1) is 9.01. The van der Waals surface area contributed by atoms with E-state index in [1.165, 1.54) is 0 Å². The number of hydrogen-bond acceptors (Lipinski definition) is 3. The molecule has 0 unspecified atom stereocenters.